The van der Waals surface area contributed by atoms with E-state index in [4.69, 9.17) is 5.53 Å². The third kappa shape index (κ3) is 6.11. The number of hydrogen-bond donors (Lipinski definition) is 2. The molecule has 0 aliphatic heterocycles. The summed E-state index contributed by atoms with van der Waals surface area (Å²) < 4.78 is 0. The van der Waals surface area contributed by atoms with Gasteiger partial charge >= 0.3 is 0 Å². The van der Waals surface area contributed by atoms with Gasteiger partial charge in [-0.15, -0.1) is 0 Å². The molecule has 2 amide bonds. The van der Waals surface area contributed by atoms with Crippen molar-refractivity contribution >= 4 is 11.8 Å². The standard InChI is InChI=1S/C15H19N5O2/c1-11(2)14(21)17-8-3-9-18-15(22)13-6-4-12(5-7-13)10-19-20-16/h4-7H,1,3,8-10H2,2H3,(H,17,21)(H,18,22). The molecule has 0 aliphatic carbocycles. The summed E-state index contributed by atoms with van der Waals surface area (Å²) in [5, 5.41) is 8.92. The molecule has 1 aromatic carbocycles. The number of amides is 2. The topological polar surface area (TPSA) is 107 Å². The molecule has 0 bridgehead atoms. The van der Waals surface area contributed by atoms with Crippen molar-refractivity contribution in [2.45, 2.75) is 19.9 Å². The summed E-state index contributed by atoms with van der Waals surface area (Å²) in [5.41, 5.74) is 10.1. The Bertz CT molecular complexity index is 588. The van der Waals surface area contributed by atoms with Gasteiger partial charge in [-0.05, 0) is 36.6 Å². The first kappa shape index (κ1) is 17.3. The minimum atomic E-state index is -0.179. The number of rotatable bonds is 8. The molecule has 0 radical (unpaired) electrons. The second kappa shape index (κ2) is 9.20. The van der Waals surface area contributed by atoms with Crippen molar-refractivity contribution in [1.82, 2.24) is 10.6 Å². The van der Waals surface area contributed by atoms with Crippen LogP contribution < -0.4 is 10.6 Å². The predicted molar refractivity (Wildman–Crippen MR) is 84.1 cm³/mol. The predicted octanol–water partition coefficient (Wildman–Crippen LogP) is 2.31. The van der Waals surface area contributed by atoms with Crippen LogP contribution in [0.1, 0.15) is 29.3 Å². The summed E-state index contributed by atoms with van der Waals surface area (Å²) in [7, 11) is 0. The van der Waals surface area contributed by atoms with E-state index in [2.05, 4.69) is 27.2 Å². The van der Waals surface area contributed by atoms with Crippen molar-refractivity contribution in [1.29, 1.82) is 0 Å². The van der Waals surface area contributed by atoms with Gasteiger partial charge in [0.1, 0.15) is 0 Å². The molecule has 7 heteroatoms. The third-order valence-corrected chi connectivity index (χ3v) is 2.84. The highest BCUT2D eigenvalue weighted by molar-refractivity contribution is 5.94. The van der Waals surface area contributed by atoms with Crippen molar-refractivity contribution in [2.24, 2.45) is 5.11 Å². The number of carbonyl (C=O) groups excluding carboxylic acids is 2. The SMILES string of the molecule is C=C(C)C(=O)NCCCNC(=O)c1ccc(CN=[N+]=[N-])cc1. The zero-order valence-corrected chi connectivity index (χ0v) is 12.5. The van der Waals surface area contributed by atoms with E-state index in [1.54, 1.807) is 31.2 Å². The van der Waals surface area contributed by atoms with Crippen molar-refractivity contribution in [3.63, 3.8) is 0 Å². The Balaban J connectivity index is 2.32. The fourth-order valence-electron chi connectivity index (χ4n) is 1.62. The van der Waals surface area contributed by atoms with Gasteiger partial charge in [0.05, 0.1) is 6.54 Å². The summed E-state index contributed by atoms with van der Waals surface area (Å²) in [6.45, 7) is 6.40. The van der Waals surface area contributed by atoms with Gasteiger partial charge in [-0.25, -0.2) is 0 Å². The Morgan fingerprint density at radius 2 is 1.86 bits per heavy atom. The van der Waals surface area contributed by atoms with E-state index in [9.17, 15) is 9.59 Å². The van der Waals surface area contributed by atoms with Crippen LogP contribution in [0.4, 0.5) is 0 Å². The molecule has 0 atom stereocenters. The number of nitrogens with zero attached hydrogens (tertiary/aromatic N) is 3. The van der Waals surface area contributed by atoms with Gasteiger partial charge in [-0.1, -0.05) is 23.8 Å². The van der Waals surface area contributed by atoms with Crippen LogP contribution in [0, 0.1) is 0 Å². The van der Waals surface area contributed by atoms with Crippen LogP contribution in [0.15, 0.2) is 41.5 Å². The van der Waals surface area contributed by atoms with E-state index in [1.807, 2.05) is 0 Å². The minimum Gasteiger partial charge on any atom is -0.352 e. The Labute approximate surface area is 129 Å². The van der Waals surface area contributed by atoms with Gasteiger partial charge < -0.3 is 10.6 Å². The van der Waals surface area contributed by atoms with E-state index < -0.39 is 0 Å². The Kier molecular flexibility index (Phi) is 7.22. The van der Waals surface area contributed by atoms with Gasteiger partial charge in [0.25, 0.3) is 5.91 Å². The molecule has 2 N–H and O–H groups in total. The van der Waals surface area contributed by atoms with Gasteiger partial charge in [0.15, 0.2) is 0 Å². The molecule has 0 unspecified atom stereocenters. The number of nitrogens with one attached hydrogen (secondary N) is 2. The summed E-state index contributed by atoms with van der Waals surface area (Å²) in [6, 6.07) is 6.86. The van der Waals surface area contributed by atoms with E-state index >= 15 is 0 Å². The molecule has 0 saturated heterocycles. The molecule has 7 nitrogen and oxygen atoms in total. The first-order valence-electron chi connectivity index (χ1n) is 6.86. The van der Waals surface area contributed by atoms with Crippen LogP contribution in [0.3, 0.4) is 0 Å². The lowest BCUT2D eigenvalue weighted by Gasteiger charge is -2.07. The molecule has 0 heterocycles. The van der Waals surface area contributed by atoms with Crippen LogP contribution in [0.25, 0.3) is 10.4 Å². The second-order valence-corrected chi connectivity index (χ2v) is 4.73. The lowest BCUT2D eigenvalue weighted by molar-refractivity contribution is -0.117. The molecule has 0 aromatic heterocycles. The number of benzene rings is 1. The Hall–Kier alpha value is -2.79. The highest BCUT2D eigenvalue weighted by Gasteiger charge is 2.05. The van der Waals surface area contributed by atoms with E-state index in [0.29, 0.717) is 30.6 Å². The quantitative estimate of drug-likeness (QED) is 0.253. The van der Waals surface area contributed by atoms with Gasteiger partial charge in [-0.3, -0.25) is 9.59 Å². The smallest absolute Gasteiger partial charge is 0.251 e. The molecule has 116 valence electrons. The molecular weight excluding hydrogens is 282 g/mol. The molecular formula is C15H19N5O2. The van der Waals surface area contributed by atoms with Crippen LogP contribution in [0.2, 0.25) is 0 Å². The zero-order chi connectivity index (χ0) is 16.4. The first-order chi connectivity index (χ1) is 10.5. The maximum atomic E-state index is 11.9. The van der Waals surface area contributed by atoms with Crippen molar-refractivity contribution in [3.05, 3.63) is 58.0 Å². The normalized spacial score (nSPS) is 9.50. The van der Waals surface area contributed by atoms with Gasteiger partial charge in [-0.2, -0.15) is 0 Å². The molecule has 1 rings (SSSR count). The molecule has 0 spiro atoms. The lowest BCUT2D eigenvalue weighted by atomic mass is 10.1. The average molecular weight is 301 g/mol. The van der Waals surface area contributed by atoms with Gasteiger partial charge in [0, 0.05) is 29.1 Å². The number of carbonyl (C=O) groups is 2. The molecule has 0 aliphatic rings. The van der Waals surface area contributed by atoms with E-state index in [-0.39, 0.29) is 18.4 Å². The van der Waals surface area contributed by atoms with Gasteiger partial charge in [0.2, 0.25) is 5.91 Å². The summed E-state index contributed by atoms with van der Waals surface area (Å²) in [5.74, 6) is -0.358. The number of hydrogen-bond acceptors (Lipinski definition) is 3. The van der Waals surface area contributed by atoms with Crippen molar-refractivity contribution in [2.75, 3.05) is 13.1 Å². The third-order valence-electron chi connectivity index (χ3n) is 2.84. The second-order valence-electron chi connectivity index (χ2n) is 4.73. The summed E-state index contributed by atoms with van der Waals surface area (Å²) >= 11 is 0. The largest absolute Gasteiger partial charge is 0.352 e. The molecule has 0 fully saturated rings. The molecule has 1 aromatic rings. The number of azide groups is 1. The fraction of sp³-hybridized carbons (Fsp3) is 0.333. The zero-order valence-electron chi connectivity index (χ0n) is 12.5. The van der Waals surface area contributed by atoms with E-state index in [1.165, 1.54) is 0 Å². The molecule has 22 heavy (non-hydrogen) atoms. The minimum absolute atomic E-state index is 0.179. The van der Waals surface area contributed by atoms with Crippen LogP contribution in [0.5, 0.6) is 0 Å². The van der Waals surface area contributed by atoms with E-state index in [0.717, 1.165) is 5.56 Å². The molecule has 0 saturated carbocycles. The lowest BCUT2D eigenvalue weighted by Crippen LogP contribution is -2.30. The summed E-state index contributed by atoms with van der Waals surface area (Å²) in [4.78, 5) is 25.8. The highest BCUT2D eigenvalue weighted by atomic mass is 16.2. The maximum absolute atomic E-state index is 11.9. The highest BCUT2D eigenvalue weighted by Crippen LogP contribution is 2.05. The fourth-order valence-corrected chi connectivity index (χ4v) is 1.62. The average Bonchev–Trinajstić information content (AvgIpc) is 2.52. The first-order valence-corrected chi connectivity index (χ1v) is 6.86. The monoisotopic (exact) mass is 301 g/mol. The van der Waals surface area contributed by atoms with Crippen LogP contribution in [-0.4, -0.2) is 24.9 Å². The van der Waals surface area contributed by atoms with Crippen molar-refractivity contribution < 1.29 is 9.59 Å². The Morgan fingerprint density at radius 3 is 2.45 bits per heavy atom. The maximum Gasteiger partial charge on any atom is 0.251 e. The van der Waals surface area contributed by atoms with Crippen LogP contribution >= 0.6 is 0 Å². The van der Waals surface area contributed by atoms with Crippen LogP contribution in [-0.2, 0) is 11.3 Å². The van der Waals surface area contributed by atoms with Crippen molar-refractivity contribution in [3.8, 4) is 0 Å². The Morgan fingerprint density at radius 1 is 1.23 bits per heavy atom. The summed E-state index contributed by atoms with van der Waals surface area (Å²) in [6.07, 6.45) is 0.639.